The van der Waals surface area contributed by atoms with Gasteiger partial charge in [0.15, 0.2) is 0 Å². The standard InChI is InChI=1S/C16H24N2O2/c1-6-20-15-11-13(3)12(2)10-14(15)17-16(19)8-7-9-18(4)5/h7-8,10-11H,6,9H2,1-5H3,(H,17,19)/b8-7+. The molecule has 0 saturated carbocycles. The first-order valence-electron chi connectivity index (χ1n) is 6.80. The third kappa shape index (κ3) is 5.05. The van der Waals surface area contributed by atoms with Crippen LogP contribution in [0.3, 0.4) is 0 Å². The van der Waals surface area contributed by atoms with E-state index in [1.165, 1.54) is 0 Å². The maximum Gasteiger partial charge on any atom is 0.248 e. The van der Waals surface area contributed by atoms with Crippen LogP contribution in [0.25, 0.3) is 0 Å². The number of nitrogens with one attached hydrogen (secondary N) is 1. The van der Waals surface area contributed by atoms with E-state index in [-0.39, 0.29) is 5.91 Å². The van der Waals surface area contributed by atoms with Gasteiger partial charge in [0.2, 0.25) is 5.91 Å². The summed E-state index contributed by atoms with van der Waals surface area (Å²) >= 11 is 0. The fourth-order valence-electron chi connectivity index (χ4n) is 1.71. The quantitative estimate of drug-likeness (QED) is 0.812. The monoisotopic (exact) mass is 276 g/mol. The highest BCUT2D eigenvalue weighted by Crippen LogP contribution is 2.28. The third-order valence-electron chi connectivity index (χ3n) is 2.89. The maximum atomic E-state index is 11.9. The fourth-order valence-corrected chi connectivity index (χ4v) is 1.71. The van der Waals surface area contributed by atoms with E-state index in [4.69, 9.17) is 4.74 Å². The van der Waals surface area contributed by atoms with Crippen LogP contribution in [0.1, 0.15) is 18.1 Å². The molecule has 0 saturated heterocycles. The Morgan fingerprint density at radius 2 is 1.95 bits per heavy atom. The SMILES string of the molecule is CCOc1cc(C)c(C)cc1NC(=O)/C=C/CN(C)C. The van der Waals surface area contributed by atoms with Gasteiger partial charge in [-0.2, -0.15) is 0 Å². The molecule has 20 heavy (non-hydrogen) atoms. The number of aryl methyl sites for hydroxylation is 2. The molecule has 1 rings (SSSR count). The minimum Gasteiger partial charge on any atom is -0.492 e. The second kappa shape index (κ2) is 7.70. The highest BCUT2D eigenvalue weighted by atomic mass is 16.5. The van der Waals surface area contributed by atoms with Gasteiger partial charge in [0.25, 0.3) is 0 Å². The molecule has 0 spiro atoms. The normalized spacial score (nSPS) is 11.1. The van der Waals surface area contributed by atoms with Crippen molar-refractivity contribution in [2.45, 2.75) is 20.8 Å². The molecular formula is C16H24N2O2. The molecule has 1 N–H and O–H groups in total. The number of likely N-dealkylation sites (N-methyl/N-ethyl adjacent to an activating group) is 1. The van der Waals surface area contributed by atoms with Gasteiger partial charge in [-0.25, -0.2) is 0 Å². The van der Waals surface area contributed by atoms with E-state index in [2.05, 4.69) is 5.32 Å². The summed E-state index contributed by atoms with van der Waals surface area (Å²) in [5.41, 5.74) is 2.99. The average Bonchev–Trinajstić information content (AvgIpc) is 2.35. The Bertz CT molecular complexity index is 493. The number of amides is 1. The fraction of sp³-hybridized carbons (Fsp3) is 0.438. The molecule has 0 unspecified atom stereocenters. The van der Waals surface area contributed by atoms with Crippen LogP contribution in [0, 0.1) is 13.8 Å². The molecule has 0 aliphatic carbocycles. The van der Waals surface area contributed by atoms with Crippen LogP contribution in [0.4, 0.5) is 5.69 Å². The van der Waals surface area contributed by atoms with Crippen molar-refractivity contribution < 1.29 is 9.53 Å². The minimum absolute atomic E-state index is 0.143. The van der Waals surface area contributed by atoms with Crippen LogP contribution in [0.15, 0.2) is 24.3 Å². The molecule has 110 valence electrons. The van der Waals surface area contributed by atoms with Crippen LogP contribution in [0.2, 0.25) is 0 Å². The summed E-state index contributed by atoms with van der Waals surface area (Å²) < 4.78 is 5.57. The molecule has 0 radical (unpaired) electrons. The van der Waals surface area contributed by atoms with Crippen molar-refractivity contribution in [1.29, 1.82) is 0 Å². The lowest BCUT2D eigenvalue weighted by Crippen LogP contribution is -2.13. The van der Waals surface area contributed by atoms with Gasteiger partial charge in [0.1, 0.15) is 5.75 Å². The lowest BCUT2D eigenvalue weighted by Gasteiger charge is -2.13. The highest BCUT2D eigenvalue weighted by Gasteiger charge is 2.08. The second-order valence-corrected chi connectivity index (χ2v) is 5.02. The molecule has 0 heterocycles. The Hall–Kier alpha value is -1.81. The van der Waals surface area contributed by atoms with Crippen LogP contribution >= 0.6 is 0 Å². The van der Waals surface area contributed by atoms with E-state index in [1.807, 2.05) is 58.0 Å². The third-order valence-corrected chi connectivity index (χ3v) is 2.89. The van der Waals surface area contributed by atoms with Crippen molar-refractivity contribution >= 4 is 11.6 Å². The Kier molecular flexibility index (Phi) is 6.25. The molecule has 0 aliphatic heterocycles. The number of ether oxygens (including phenoxy) is 1. The minimum atomic E-state index is -0.143. The first-order valence-corrected chi connectivity index (χ1v) is 6.80. The zero-order valence-corrected chi connectivity index (χ0v) is 13.0. The van der Waals surface area contributed by atoms with Crippen molar-refractivity contribution in [1.82, 2.24) is 4.90 Å². The van der Waals surface area contributed by atoms with Crippen molar-refractivity contribution in [3.8, 4) is 5.75 Å². The Balaban J connectivity index is 2.82. The molecule has 4 heteroatoms. The lowest BCUT2D eigenvalue weighted by molar-refractivity contribution is -0.111. The zero-order valence-electron chi connectivity index (χ0n) is 13.0. The summed E-state index contributed by atoms with van der Waals surface area (Å²) in [7, 11) is 3.91. The van der Waals surface area contributed by atoms with E-state index < -0.39 is 0 Å². The molecule has 1 aromatic rings. The Morgan fingerprint density at radius 1 is 1.30 bits per heavy atom. The smallest absolute Gasteiger partial charge is 0.248 e. The van der Waals surface area contributed by atoms with Crippen molar-refractivity contribution in [3.63, 3.8) is 0 Å². The molecule has 0 aliphatic rings. The topological polar surface area (TPSA) is 41.6 Å². The molecule has 0 atom stereocenters. The number of rotatable bonds is 6. The van der Waals surface area contributed by atoms with Crippen LogP contribution < -0.4 is 10.1 Å². The summed E-state index contributed by atoms with van der Waals surface area (Å²) in [6.07, 6.45) is 3.38. The highest BCUT2D eigenvalue weighted by molar-refractivity contribution is 6.00. The van der Waals surface area contributed by atoms with Gasteiger partial charge in [0.05, 0.1) is 12.3 Å². The zero-order chi connectivity index (χ0) is 15.1. The van der Waals surface area contributed by atoms with Crippen LogP contribution in [-0.4, -0.2) is 38.1 Å². The molecular weight excluding hydrogens is 252 g/mol. The number of hydrogen-bond donors (Lipinski definition) is 1. The van der Waals surface area contributed by atoms with E-state index in [0.29, 0.717) is 12.4 Å². The average molecular weight is 276 g/mol. The molecule has 1 aromatic carbocycles. The molecule has 0 fully saturated rings. The Labute approximate surface area is 121 Å². The van der Waals surface area contributed by atoms with Crippen molar-refractivity contribution in [3.05, 3.63) is 35.4 Å². The maximum absolute atomic E-state index is 11.9. The first kappa shape index (κ1) is 16.2. The van der Waals surface area contributed by atoms with Gasteiger partial charge in [0, 0.05) is 12.6 Å². The van der Waals surface area contributed by atoms with Gasteiger partial charge >= 0.3 is 0 Å². The lowest BCUT2D eigenvalue weighted by atomic mass is 10.1. The molecule has 1 amide bonds. The van der Waals surface area contributed by atoms with E-state index in [9.17, 15) is 4.79 Å². The predicted octanol–water partition coefficient (Wildman–Crippen LogP) is 2.76. The molecule has 0 aromatic heterocycles. The first-order chi connectivity index (χ1) is 9.43. The van der Waals surface area contributed by atoms with Crippen molar-refractivity contribution in [2.75, 3.05) is 32.6 Å². The number of benzene rings is 1. The summed E-state index contributed by atoms with van der Waals surface area (Å²) in [4.78, 5) is 13.9. The number of carbonyl (C=O) groups excluding carboxylic acids is 1. The summed E-state index contributed by atoms with van der Waals surface area (Å²) in [6, 6.07) is 3.90. The van der Waals surface area contributed by atoms with Gasteiger partial charge in [-0.3, -0.25) is 4.79 Å². The number of nitrogens with zero attached hydrogens (tertiary/aromatic N) is 1. The Morgan fingerprint density at radius 3 is 2.55 bits per heavy atom. The predicted molar refractivity (Wildman–Crippen MR) is 83.4 cm³/mol. The summed E-state index contributed by atoms with van der Waals surface area (Å²) in [5, 5.41) is 2.87. The van der Waals surface area contributed by atoms with E-state index >= 15 is 0 Å². The van der Waals surface area contributed by atoms with Gasteiger partial charge in [-0.1, -0.05) is 6.08 Å². The summed E-state index contributed by atoms with van der Waals surface area (Å²) in [6.45, 7) is 7.28. The van der Waals surface area contributed by atoms with E-state index in [0.717, 1.165) is 23.4 Å². The largest absolute Gasteiger partial charge is 0.492 e. The summed E-state index contributed by atoms with van der Waals surface area (Å²) in [5.74, 6) is 0.570. The number of carbonyl (C=O) groups is 1. The number of anilines is 1. The van der Waals surface area contributed by atoms with Crippen molar-refractivity contribution in [2.24, 2.45) is 0 Å². The number of hydrogen-bond acceptors (Lipinski definition) is 3. The molecule has 4 nitrogen and oxygen atoms in total. The molecule has 0 bridgehead atoms. The van der Waals surface area contributed by atoms with Crippen LogP contribution in [0.5, 0.6) is 5.75 Å². The van der Waals surface area contributed by atoms with Crippen LogP contribution in [-0.2, 0) is 4.79 Å². The van der Waals surface area contributed by atoms with Gasteiger partial charge in [-0.05, 0) is 58.1 Å². The van der Waals surface area contributed by atoms with Gasteiger partial charge < -0.3 is 15.0 Å². The second-order valence-electron chi connectivity index (χ2n) is 5.02. The van der Waals surface area contributed by atoms with E-state index in [1.54, 1.807) is 6.08 Å². The van der Waals surface area contributed by atoms with Gasteiger partial charge in [-0.15, -0.1) is 0 Å².